The lowest BCUT2D eigenvalue weighted by atomic mass is 9.95. The maximum absolute atomic E-state index is 14.1. The Balaban J connectivity index is 1.57. The lowest BCUT2D eigenvalue weighted by Gasteiger charge is -2.14. The number of anilines is 1. The predicted octanol–water partition coefficient (Wildman–Crippen LogP) is 2.33. The van der Waals surface area contributed by atoms with Gasteiger partial charge in [-0.25, -0.2) is 4.39 Å². The van der Waals surface area contributed by atoms with Crippen LogP contribution in [0.2, 0.25) is 0 Å². The van der Waals surface area contributed by atoms with Crippen LogP contribution in [0.5, 0.6) is 0 Å². The van der Waals surface area contributed by atoms with Gasteiger partial charge in [-0.05, 0) is 41.0 Å². The van der Waals surface area contributed by atoms with Crippen LogP contribution < -0.4 is 15.8 Å². The predicted molar refractivity (Wildman–Crippen MR) is 110 cm³/mol. The van der Waals surface area contributed by atoms with Gasteiger partial charge in [-0.15, -0.1) is 0 Å². The summed E-state index contributed by atoms with van der Waals surface area (Å²) in [6.45, 7) is 3.38. The Kier molecular flexibility index (Phi) is 3.87. The molecule has 1 amide bonds. The molecule has 2 aromatic rings. The molecule has 0 atom stereocenters. The third-order valence-corrected chi connectivity index (χ3v) is 5.44. The first-order valence-corrected chi connectivity index (χ1v) is 9.32. The topological polar surface area (TPSA) is 70.9 Å². The van der Waals surface area contributed by atoms with Gasteiger partial charge in [0.1, 0.15) is 5.82 Å². The van der Waals surface area contributed by atoms with Crippen molar-refractivity contribution in [1.29, 1.82) is 0 Å². The molecule has 0 unspecified atom stereocenters. The van der Waals surface area contributed by atoms with Crippen LogP contribution in [0, 0.1) is 5.82 Å². The van der Waals surface area contributed by atoms with E-state index >= 15 is 0 Å². The van der Waals surface area contributed by atoms with Gasteiger partial charge in [0.05, 0.1) is 22.8 Å². The largest absolute Gasteiger partial charge is 0.320 e. The normalized spacial score (nSPS) is 16.3. The van der Waals surface area contributed by atoms with Crippen molar-refractivity contribution in [3.05, 3.63) is 70.4 Å². The zero-order valence-electron chi connectivity index (χ0n) is 15.5. The van der Waals surface area contributed by atoms with Gasteiger partial charge in [-0.2, -0.15) is 0 Å². The molecule has 29 heavy (non-hydrogen) atoms. The van der Waals surface area contributed by atoms with E-state index in [1.54, 1.807) is 18.3 Å². The zero-order valence-corrected chi connectivity index (χ0v) is 15.5. The average Bonchev–Trinajstić information content (AvgIpc) is 3.29. The van der Waals surface area contributed by atoms with Crippen LogP contribution in [0.3, 0.4) is 0 Å². The van der Waals surface area contributed by atoms with Crippen LogP contribution in [0.15, 0.2) is 53.0 Å². The molecule has 3 aliphatic rings. The minimum Gasteiger partial charge on any atom is -0.320 e. The van der Waals surface area contributed by atoms with Crippen molar-refractivity contribution in [2.24, 2.45) is 9.98 Å². The van der Waals surface area contributed by atoms with E-state index in [1.165, 1.54) is 6.07 Å². The quantitative estimate of drug-likeness (QED) is 0.824. The van der Waals surface area contributed by atoms with Crippen LogP contribution in [-0.2, 0) is 16.0 Å². The van der Waals surface area contributed by atoms with Gasteiger partial charge in [0.2, 0.25) is 5.91 Å². The standard InChI is InChI=1S/C23H16FN3O2/c1-2-21(29)26-19-9-12(4-6-16(19)24)18-10-15-13(11-25-18)3-5-14-22-17(27-23(14)15)7-8-20(22)28/h2-6,9,11H,1,7-8,10H2,(H,26,29). The van der Waals surface area contributed by atoms with E-state index in [0.717, 1.165) is 44.8 Å². The molecule has 0 radical (unpaired) electrons. The van der Waals surface area contributed by atoms with Crippen LogP contribution in [0.1, 0.15) is 24.0 Å². The highest BCUT2D eigenvalue weighted by Crippen LogP contribution is 2.30. The van der Waals surface area contributed by atoms with Crippen molar-refractivity contribution < 1.29 is 14.0 Å². The van der Waals surface area contributed by atoms with E-state index in [2.05, 4.69) is 16.9 Å². The summed E-state index contributed by atoms with van der Waals surface area (Å²) in [4.78, 5) is 33.1. The number of nitrogens with one attached hydrogen (secondary N) is 1. The summed E-state index contributed by atoms with van der Waals surface area (Å²) in [5.41, 5.74) is 5.01. The van der Waals surface area contributed by atoms with Crippen LogP contribution >= 0.6 is 0 Å². The molecule has 2 aliphatic heterocycles. The number of carbonyl (C=O) groups is 2. The number of carbonyl (C=O) groups excluding carboxylic acids is 2. The van der Waals surface area contributed by atoms with Gasteiger partial charge in [0.25, 0.3) is 0 Å². The van der Waals surface area contributed by atoms with E-state index in [4.69, 9.17) is 4.99 Å². The Labute approximate surface area is 165 Å². The van der Waals surface area contributed by atoms with Crippen molar-refractivity contribution in [2.45, 2.75) is 19.3 Å². The maximum Gasteiger partial charge on any atom is 0.247 e. The lowest BCUT2D eigenvalue weighted by molar-refractivity contribution is -0.113. The molecule has 1 aliphatic carbocycles. The van der Waals surface area contributed by atoms with Crippen LogP contribution in [-0.4, -0.2) is 23.1 Å². The highest BCUT2D eigenvalue weighted by atomic mass is 19.1. The highest BCUT2D eigenvalue weighted by molar-refractivity contribution is 6.48. The monoisotopic (exact) mass is 385 g/mol. The molecule has 1 N–H and O–H groups in total. The molecular weight excluding hydrogens is 369 g/mol. The summed E-state index contributed by atoms with van der Waals surface area (Å²) in [6.07, 6.45) is 4.58. The van der Waals surface area contributed by atoms with Crippen molar-refractivity contribution in [1.82, 2.24) is 0 Å². The van der Waals surface area contributed by atoms with Gasteiger partial charge >= 0.3 is 0 Å². The smallest absolute Gasteiger partial charge is 0.247 e. The first kappa shape index (κ1) is 17.4. The Morgan fingerprint density at radius 3 is 2.86 bits per heavy atom. The molecule has 0 aromatic heterocycles. The van der Waals surface area contributed by atoms with E-state index in [-0.39, 0.29) is 11.5 Å². The summed E-state index contributed by atoms with van der Waals surface area (Å²) in [5.74, 6) is -0.859. The first-order chi connectivity index (χ1) is 14.0. The van der Waals surface area contributed by atoms with E-state index in [0.29, 0.717) is 24.8 Å². The summed E-state index contributed by atoms with van der Waals surface area (Å²) < 4.78 is 14.1. The fraction of sp³-hybridized carbons (Fsp3) is 0.130. The fourth-order valence-electron chi connectivity index (χ4n) is 4.00. The molecular formula is C23H16FN3O2. The van der Waals surface area contributed by atoms with Crippen molar-refractivity contribution in [3.63, 3.8) is 0 Å². The Morgan fingerprint density at radius 2 is 2.03 bits per heavy atom. The molecule has 6 heteroatoms. The number of rotatable bonds is 3. The van der Waals surface area contributed by atoms with Gasteiger partial charge in [-0.3, -0.25) is 19.6 Å². The number of benzene rings is 2. The molecule has 0 saturated heterocycles. The minimum absolute atomic E-state index is 0.0788. The number of Topliss-reactive ketones (excluding diaryl/α,β-unsaturated/α-hetero) is 1. The number of halogens is 1. The first-order valence-electron chi connectivity index (χ1n) is 9.32. The zero-order chi connectivity index (χ0) is 20.1. The summed E-state index contributed by atoms with van der Waals surface area (Å²) >= 11 is 0. The van der Waals surface area contributed by atoms with Gasteiger partial charge in [0.15, 0.2) is 5.78 Å². The molecule has 1 saturated carbocycles. The molecule has 5 nitrogen and oxygen atoms in total. The number of ketones is 1. The Bertz CT molecular complexity index is 1320. The summed E-state index contributed by atoms with van der Waals surface area (Å²) in [7, 11) is 0. The Morgan fingerprint density at radius 1 is 1.17 bits per heavy atom. The van der Waals surface area contributed by atoms with E-state index < -0.39 is 11.7 Å². The summed E-state index contributed by atoms with van der Waals surface area (Å²) in [6, 6.07) is 8.42. The maximum atomic E-state index is 14.1. The average molecular weight is 385 g/mol. The second-order valence-electron chi connectivity index (χ2n) is 7.16. The molecule has 5 rings (SSSR count). The third kappa shape index (κ3) is 2.76. The number of hydrogen-bond donors (Lipinski definition) is 1. The number of hydrogen-bond acceptors (Lipinski definition) is 4. The van der Waals surface area contributed by atoms with E-state index in [9.17, 15) is 14.0 Å². The molecule has 2 heterocycles. The number of aliphatic imine (C=N–C) groups is 2. The molecule has 0 spiro atoms. The van der Waals surface area contributed by atoms with Crippen molar-refractivity contribution >= 4 is 46.3 Å². The Hall–Kier alpha value is -3.67. The number of nitrogens with zero attached hydrogens (tertiary/aromatic N) is 2. The minimum atomic E-state index is -0.528. The third-order valence-electron chi connectivity index (χ3n) is 5.44. The number of amides is 1. The molecule has 1 fully saturated rings. The number of fused-ring (bicyclic) bond motifs is 4. The van der Waals surface area contributed by atoms with Crippen molar-refractivity contribution in [2.75, 3.05) is 5.32 Å². The fourth-order valence-corrected chi connectivity index (χ4v) is 4.00. The second kappa shape index (κ2) is 6.44. The van der Waals surface area contributed by atoms with Crippen LogP contribution in [0.4, 0.5) is 15.8 Å². The second-order valence-corrected chi connectivity index (χ2v) is 7.16. The van der Waals surface area contributed by atoms with Gasteiger partial charge in [-0.1, -0.05) is 24.8 Å². The van der Waals surface area contributed by atoms with Gasteiger partial charge in [0, 0.05) is 29.8 Å². The summed E-state index contributed by atoms with van der Waals surface area (Å²) in [5, 5.41) is 4.33. The van der Waals surface area contributed by atoms with Gasteiger partial charge < -0.3 is 5.32 Å². The lowest BCUT2D eigenvalue weighted by Crippen LogP contribution is -2.23. The highest BCUT2D eigenvalue weighted by Gasteiger charge is 2.31. The molecule has 0 bridgehead atoms. The van der Waals surface area contributed by atoms with Crippen LogP contribution in [0.25, 0.3) is 11.8 Å². The van der Waals surface area contributed by atoms with E-state index in [1.807, 2.05) is 12.1 Å². The molecule has 142 valence electrons. The molecule has 2 aromatic carbocycles. The SMILES string of the molecule is C=CC(=O)Nc1cc(C2=NC=c3ccc4c(c3C2)N=C2CCC(=O)C=42)ccc1F. The van der Waals surface area contributed by atoms with Crippen molar-refractivity contribution in [3.8, 4) is 0 Å².